The summed E-state index contributed by atoms with van der Waals surface area (Å²) in [5.74, 6) is 1.35. The average Bonchev–Trinajstić information content (AvgIpc) is 3.10. The van der Waals surface area contributed by atoms with Gasteiger partial charge < -0.3 is 15.5 Å². The highest BCUT2D eigenvalue weighted by molar-refractivity contribution is 8.00. The second-order valence-electron chi connectivity index (χ2n) is 6.48. The SMILES string of the molecule is CCOc1ccc([C@@H]2Nn3c(C)nnc3S[C@@H]2C(=O)Nc2ccccc2Cl)cc1. The van der Waals surface area contributed by atoms with Gasteiger partial charge in [-0.25, -0.2) is 4.68 Å². The lowest BCUT2D eigenvalue weighted by Gasteiger charge is -2.32. The number of carbonyl (C=O) groups excluding carboxylic acids is 1. The van der Waals surface area contributed by atoms with Crippen molar-refractivity contribution in [2.45, 2.75) is 30.3 Å². The van der Waals surface area contributed by atoms with Gasteiger partial charge in [0.1, 0.15) is 16.8 Å². The normalized spacial score (nSPS) is 17.9. The fraction of sp³-hybridized carbons (Fsp3) is 0.250. The fourth-order valence-electron chi connectivity index (χ4n) is 3.12. The van der Waals surface area contributed by atoms with Crippen LogP contribution in [0.5, 0.6) is 5.75 Å². The molecule has 2 atom stereocenters. The predicted molar refractivity (Wildman–Crippen MR) is 114 cm³/mol. The number of ether oxygens (including phenoxy) is 1. The Kier molecular flexibility index (Phi) is 5.64. The summed E-state index contributed by atoms with van der Waals surface area (Å²) in [7, 11) is 0. The molecule has 150 valence electrons. The maximum Gasteiger partial charge on any atom is 0.240 e. The van der Waals surface area contributed by atoms with Gasteiger partial charge in [-0.1, -0.05) is 47.6 Å². The van der Waals surface area contributed by atoms with Crippen molar-refractivity contribution in [1.82, 2.24) is 14.9 Å². The first-order valence-electron chi connectivity index (χ1n) is 9.20. The lowest BCUT2D eigenvalue weighted by molar-refractivity contribution is -0.116. The van der Waals surface area contributed by atoms with Crippen LogP contribution in [0, 0.1) is 6.92 Å². The number of para-hydroxylation sites is 1. The molecule has 7 nitrogen and oxygen atoms in total. The lowest BCUT2D eigenvalue weighted by atomic mass is 10.0. The van der Waals surface area contributed by atoms with Crippen LogP contribution in [-0.2, 0) is 4.79 Å². The van der Waals surface area contributed by atoms with Crippen molar-refractivity contribution in [2.75, 3.05) is 17.3 Å². The molecule has 1 aromatic heterocycles. The van der Waals surface area contributed by atoms with E-state index in [1.165, 1.54) is 11.8 Å². The Bertz CT molecular complexity index is 1020. The largest absolute Gasteiger partial charge is 0.494 e. The summed E-state index contributed by atoms with van der Waals surface area (Å²) < 4.78 is 7.34. The monoisotopic (exact) mass is 429 g/mol. The minimum Gasteiger partial charge on any atom is -0.494 e. The van der Waals surface area contributed by atoms with Crippen LogP contribution in [0.25, 0.3) is 0 Å². The van der Waals surface area contributed by atoms with E-state index < -0.39 is 5.25 Å². The molecular formula is C20H20ClN5O2S. The highest BCUT2D eigenvalue weighted by atomic mass is 35.5. The number of nitrogens with one attached hydrogen (secondary N) is 2. The molecule has 0 bridgehead atoms. The first-order chi connectivity index (χ1) is 14.1. The molecule has 29 heavy (non-hydrogen) atoms. The molecule has 3 aromatic rings. The van der Waals surface area contributed by atoms with Crippen molar-refractivity contribution < 1.29 is 9.53 Å². The summed E-state index contributed by atoms with van der Waals surface area (Å²) in [6, 6.07) is 14.6. The third-order valence-electron chi connectivity index (χ3n) is 4.54. The van der Waals surface area contributed by atoms with Crippen molar-refractivity contribution in [1.29, 1.82) is 0 Å². The van der Waals surface area contributed by atoms with Gasteiger partial charge in [0, 0.05) is 0 Å². The molecule has 0 radical (unpaired) electrons. The number of nitrogens with zero attached hydrogens (tertiary/aromatic N) is 3. The van der Waals surface area contributed by atoms with Gasteiger partial charge in [0.25, 0.3) is 0 Å². The quantitative estimate of drug-likeness (QED) is 0.637. The average molecular weight is 430 g/mol. The molecule has 0 saturated heterocycles. The zero-order valence-corrected chi connectivity index (χ0v) is 17.5. The zero-order valence-electron chi connectivity index (χ0n) is 15.9. The third kappa shape index (κ3) is 4.04. The van der Waals surface area contributed by atoms with Gasteiger partial charge in [-0.05, 0) is 43.7 Å². The topological polar surface area (TPSA) is 81.1 Å². The Morgan fingerprint density at radius 3 is 2.72 bits per heavy atom. The molecule has 0 fully saturated rings. The van der Waals surface area contributed by atoms with E-state index in [9.17, 15) is 4.79 Å². The Morgan fingerprint density at radius 2 is 2.00 bits per heavy atom. The molecule has 4 rings (SSSR count). The number of hydrogen-bond donors (Lipinski definition) is 2. The van der Waals surface area contributed by atoms with Crippen LogP contribution in [0.15, 0.2) is 53.7 Å². The molecule has 1 aliphatic rings. The van der Waals surface area contributed by atoms with Crippen molar-refractivity contribution in [3.05, 3.63) is 64.9 Å². The van der Waals surface area contributed by atoms with Crippen LogP contribution in [0.4, 0.5) is 5.69 Å². The van der Waals surface area contributed by atoms with Crippen molar-refractivity contribution in [3.8, 4) is 5.75 Å². The van der Waals surface area contributed by atoms with E-state index >= 15 is 0 Å². The number of thioether (sulfide) groups is 1. The molecule has 2 N–H and O–H groups in total. The van der Waals surface area contributed by atoms with Crippen molar-refractivity contribution >= 4 is 35.0 Å². The molecule has 1 amide bonds. The van der Waals surface area contributed by atoms with Gasteiger partial charge in [-0.2, -0.15) is 0 Å². The van der Waals surface area contributed by atoms with Crippen LogP contribution in [0.1, 0.15) is 24.4 Å². The minimum atomic E-state index is -0.472. The summed E-state index contributed by atoms with van der Waals surface area (Å²) in [6.45, 7) is 4.41. The van der Waals surface area contributed by atoms with Gasteiger partial charge in [-0.15, -0.1) is 10.2 Å². The molecule has 2 aromatic carbocycles. The first-order valence-corrected chi connectivity index (χ1v) is 10.5. The maximum atomic E-state index is 13.2. The van der Waals surface area contributed by atoms with E-state index in [2.05, 4.69) is 20.9 Å². The number of halogens is 1. The van der Waals surface area contributed by atoms with E-state index in [0.717, 1.165) is 17.1 Å². The van der Waals surface area contributed by atoms with Gasteiger partial charge in [0.05, 0.1) is 23.4 Å². The Balaban J connectivity index is 1.65. The number of carbonyl (C=O) groups is 1. The highest BCUT2D eigenvalue weighted by Crippen LogP contribution is 2.38. The number of fused-ring (bicyclic) bond motifs is 1. The Morgan fingerprint density at radius 1 is 1.24 bits per heavy atom. The number of aryl methyl sites for hydroxylation is 1. The van der Waals surface area contributed by atoms with Gasteiger partial charge in [0.2, 0.25) is 11.1 Å². The number of aromatic nitrogens is 3. The van der Waals surface area contributed by atoms with Crippen LogP contribution < -0.4 is 15.5 Å². The number of amides is 1. The van der Waals surface area contributed by atoms with E-state index in [0.29, 0.717) is 22.5 Å². The third-order valence-corrected chi connectivity index (χ3v) is 6.08. The zero-order chi connectivity index (χ0) is 20.4. The maximum absolute atomic E-state index is 13.2. The predicted octanol–water partition coefficient (Wildman–Crippen LogP) is 4.04. The Hall–Kier alpha value is -2.71. The summed E-state index contributed by atoms with van der Waals surface area (Å²) in [4.78, 5) is 13.2. The molecule has 1 aliphatic heterocycles. The number of benzene rings is 2. The van der Waals surface area contributed by atoms with Crippen molar-refractivity contribution in [2.24, 2.45) is 0 Å². The van der Waals surface area contributed by atoms with Crippen molar-refractivity contribution in [3.63, 3.8) is 0 Å². The van der Waals surface area contributed by atoms with E-state index in [4.69, 9.17) is 16.3 Å². The molecule has 9 heteroatoms. The number of hydrogen-bond acceptors (Lipinski definition) is 6. The van der Waals surface area contributed by atoms with Gasteiger partial charge in [0.15, 0.2) is 0 Å². The van der Waals surface area contributed by atoms with Gasteiger partial charge in [-0.3, -0.25) is 4.79 Å². The summed E-state index contributed by atoms with van der Waals surface area (Å²) in [5, 5.41) is 11.9. The lowest BCUT2D eigenvalue weighted by Crippen LogP contribution is -2.41. The molecule has 0 unspecified atom stereocenters. The van der Waals surface area contributed by atoms with E-state index in [-0.39, 0.29) is 11.9 Å². The summed E-state index contributed by atoms with van der Waals surface area (Å²) in [6.07, 6.45) is 0. The van der Waals surface area contributed by atoms with Crippen LogP contribution in [0.2, 0.25) is 5.02 Å². The Labute approximate surface area is 177 Å². The molecule has 2 heterocycles. The standard InChI is InChI=1S/C20H20ClN5O2S/c1-3-28-14-10-8-13(9-11-14)17-18(29-20-24-23-12(2)26(20)25-17)19(27)22-16-7-5-4-6-15(16)21/h4-11,17-18,25H,3H2,1-2H3,(H,22,27)/t17-,18-/m0/s1. The van der Waals surface area contributed by atoms with Crippen LogP contribution in [0.3, 0.4) is 0 Å². The smallest absolute Gasteiger partial charge is 0.240 e. The summed E-state index contributed by atoms with van der Waals surface area (Å²) >= 11 is 7.58. The fourth-order valence-corrected chi connectivity index (χ4v) is 4.42. The molecule has 0 spiro atoms. The van der Waals surface area contributed by atoms with Gasteiger partial charge >= 0.3 is 0 Å². The summed E-state index contributed by atoms with van der Waals surface area (Å²) in [5.41, 5.74) is 4.92. The number of anilines is 1. The van der Waals surface area contributed by atoms with E-state index in [1.807, 2.05) is 54.9 Å². The minimum absolute atomic E-state index is 0.165. The molecular weight excluding hydrogens is 410 g/mol. The van der Waals surface area contributed by atoms with Crippen LogP contribution >= 0.6 is 23.4 Å². The second-order valence-corrected chi connectivity index (χ2v) is 8.00. The highest BCUT2D eigenvalue weighted by Gasteiger charge is 2.37. The second kappa shape index (κ2) is 8.34. The first kappa shape index (κ1) is 19.6. The van der Waals surface area contributed by atoms with Crippen LogP contribution in [-0.4, -0.2) is 32.6 Å². The molecule has 0 aliphatic carbocycles. The number of rotatable bonds is 5. The van der Waals surface area contributed by atoms with E-state index in [1.54, 1.807) is 12.1 Å². The molecule has 0 saturated carbocycles.